The highest BCUT2D eigenvalue weighted by molar-refractivity contribution is 5.83. The molecule has 1 unspecified atom stereocenters. The number of rotatable bonds is 6. The molecule has 0 heterocycles. The topological polar surface area (TPSA) is 43.1 Å². The summed E-state index contributed by atoms with van der Waals surface area (Å²) in [6.45, 7) is 5.59. The van der Waals surface area contributed by atoms with E-state index in [0.29, 0.717) is 12.8 Å². The van der Waals surface area contributed by atoms with Gasteiger partial charge in [0.05, 0.1) is 6.04 Å². The largest absolute Gasteiger partial charge is 0.321 e. The maximum absolute atomic E-state index is 11.1. The zero-order valence-corrected chi connectivity index (χ0v) is 7.18. The van der Waals surface area contributed by atoms with Crippen LogP contribution in [0.5, 0.6) is 0 Å². The first-order chi connectivity index (χ1) is 5.22. The first kappa shape index (κ1) is 10.4. The molecule has 0 radical (unpaired) electrons. The number of hydrogen-bond donors (Lipinski definition) is 1. The average molecular weight is 155 g/mol. The summed E-state index contributed by atoms with van der Waals surface area (Å²) in [5.41, 5.74) is 5.55. The Balaban J connectivity index is 3.54. The normalized spacial score (nSPS) is 12.5. The maximum atomic E-state index is 11.1. The van der Waals surface area contributed by atoms with Gasteiger partial charge in [-0.3, -0.25) is 4.79 Å². The summed E-state index contributed by atoms with van der Waals surface area (Å²) in [4.78, 5) is 11.1. The minimum Gasteiger partial charge on any atom is -0.321 e. The van der Waals surface area contributed by atoms with E-state index in [2.05, 4.69) is 13.5 Å². The number of carbonyl (C=O) groups is 1. The van der Waals surface area contributed by atoms with Crippen molar-refractivity contribution in [1.29, 1.82) is 0 Å². The van der Waals surface area contributed by atoms with E-state index in [0.717, 1.165) is 12.8 Å². The van der Waals surface area contributed by atoms with Crippen molar-refractivity contribution in [3.05, 3.63) is 12.7 Å². The van der Waals surface area contributed by atoms with E-state index in [-0.39, 0.29) is 11.8 Å². The molecule has 0 saturated carbocycles. The van der Waals surface area contributed by atoms with Crippen LogP contribution in [0.25, 0.3) is 0 Å². The number of nitrogens with two attached hydrogens (primary N) is 1. The van der Waals surface area contributed by atoms with E-state index < -0.39 is 0 Å². The monoisotopic (exact) mass is 155 g/mol. The standard InChI is InChI=1S/C9H17NO/c1-3-5-7-9(11)8(10)6-4-2/h4,8H,2-3,5-7,10H2,1H3. The zero-order valence-electron chi connectivity index (χ0n) is 7.18. The van der Waals surface area contributed by atoms with Crippen LogP contribution in [0.3, 0.4) is 0 Å². The molecule has 0 aromatic heterocycles. The molecule has 1 atom stereocenters. The van der Waals surface area contributed by atoms with Crippen LogP contribution in [0.1, 0.15) is 32.6 Å². The van der Waals surface area contributed by atoms with Gasteiger partial charge in [0, 0.05) is 6.42 Å². The highest BCUT2D eigenvalue weighted by Gasteiger charge is 2.09. The Kier molecular flexibility index (Phi) is 5.75. The van der Waals surface area contributed by atoms with Crippen LogP contribution in [0.2, 0.25) is 0 Å². The van der Waals surface area contributed by atoms with E-state index in [1.54, 1.807) is 6.08 Å². The Morgan fingerprint density at radius 3 is 2.82 bits per heavy atom. The molecule has 0 aliphatic heterocycles. The first-order valence-electron chi connectivity index (χ1n) is 4.11. The Labute approximate surface area is 68.5 Å². The number of hydrogen-bond acceptors (Lipinski definition) is 2. The molecule has 11 heavy (non-hydrogen) atoms. The van der Waals surface area contributed by atoms with Gasteiger partial charge in [-0.25, -0.2) is 0 Å². The Bertz CT molecular complexity index is 132. The predicted octanol–water partition coefficient (Wildman–Crippen LogP) is 1.65. The lowest BCUT2D eigenvalue weighted by molar-refractivity contribution is -0.120. The average Bonchev–Trinajstić information content (AvgIpc) is 2.00. The minimum absolute atomic E-state index is 0.159. The fraction of sp³-hybridized carbons (Fsp3) is 0.667. The lowest BCUT2D eigenvalue weighted by Gasteiger charge is -2.05. The molecule has 0 aliphatic carbocycles. The Hall–Kier alpha value is -0.630. The molecule has 0 aromatic rings. The van der Waals surface area contributed by atoms with Gasteiger partial charge in [0.2, 0.25) is 0 Å². The maximum Gasteiger partial charge on any atom is 0.149 e. The molecular weight excluding hydrogens is 138 g/mol. The lowest BCUT2D eigenvalue weighted by Crippen LogP contribution is -2.29. The van der Waals surface area contributed by atoms with E-state index in [4.69, 9.17) is 5.73 Å². The highest BCUT2D eigenvalue weighted by Crippen LogP contribution is 2.00. The summed E-state index contributed by atoms with van der Waals surface area (Å²) in [6.07, 6.45) is 4.90. The second kappa shape index (κ2) is 6.10. The minimum atomic E-state index is -0.320. The van der Waals surface area contributed by atoms with Crippen LogP contribution in [0.4, 0.5) is 0 Å². The molecular formula is C9H17NO. The van der Waals surface area contributed by atoms with Crippen LogP contribution < -0.4 is 5.73 Å². The van der Waals surface area contributed by atoms with Gasteiger partial charge in [-0.1, -0.05) is 19.4 Å². The van der Waals surface area contributed by atoms with Gasteiger partial charge in [-0.05, 0) is 12.8 Å². The Morgan fingerprint density at radius 2 is 2.36 bits per heavy atom. The quantitative estimate of drug-likeness (QED) is 0.593. The molecule has 2 nitrogen and oxygen atoms in total. The molecule has 0 fully saturated rings. The van der Waals surface area contributed by atoms with Crippen LogP contribution in [-0.4, -0.2) is 11.8 Å². The smallest absolute Gasteiger partial charge is 0.149 e. The van der Waals surface area contributed by atoms with Crippen LogP contribution in [-0.2, 0) is 4.79 Å². The molecule has 0 spiro atoms. The third kappa shape index (κ3) is 4.73. The van der Waals surface area contributed by atoms with E-state index in [9.17, 15) is 4.79 Å². The second-order valence-corrected chi connectivity index (χ2v) is 2.70. The summed E-state index contributed by atoms with van der Waals surface area (Å²) in [5, 5.41) is 0. The number of Topliss-reactive ketones (excluding diaryl/α,β-unsaturated/α-hetero) is 1. The molecule has 0 aromatic carbocycles. The predicted molar refractivity (Wildman–Crippen MR) is 47.3 cm³/mol. The zero-order chi connectivity index (χ0) is 8.69. The molecule has 0 aliphatic rings. The summed E-state index contributed by atoms with van der Waals surface area (Å²) in [5.74, 6) is 0.159. The van der Waals surface area contributed by atoms with Gasteiger partial charge in [-0.2, -0.15) is 0 Å². The van der Waals surface area contributed by atoms with Crippen LogP contribution in [0, 0.1) is 0 Å². The van der Waals surface area contributed by atoms with Crippen molar-refractivity contribution in [2.45, 2.75) is 38.6 Å². The van der Waals surface area contributed by atoms with E-state index >= 15 is 0 Å². The first-order valence-corrected chi connectivity index (χ1v) is 4.11. The molecule has 2 N–H and O–H groups in total. The SMILES string of the molecule is C=CCC(N)C(=O)CCCC. The third-order valence-corrected chi connectivity index (χ3v) is 1.61. The molecule has 0 bridgehead atoms. The van der Waals surface area contributed by atoms with Crippen molar-refractivity contribution in [3.8, 4) is 0 Å². The summed E-state index contributed by atoms with van der Waals surface area (Å²) < 4.78 is 0. The van der Waals surface area contributed by atoms with E-state index in [1.165, 1.54) is 0 Å². The van der Waals surface area contributed by atoms with Gasteiger partial charge in [0.1, 0.15) is 5.78 Å². The fourth-order valence-corrected chi connectivity index (χ4v) is 0.847. The highest BCUT2D eigenvalue weighted by atomic mass is 16.1. The molecule has 0 amide bonds. The van der Waals surface area contributed by atoms with Gasteiger partial charge < -0.3 is 5.73 Å². The van der Waals surface area contributed by atoms with Crippen molar-refractivity contribution in [2.24, 2.45) is 5.73 Å². The van der Waals surface area contributed by atoms with Crippen molar-refractivity contribution in [1.82, 2.24) is 0 Å². The summed E-state index contributed by atoms with van der Waals surface area (Å²) in [7, 11) is 0. The molecule has 64 valence electrons. The van der Waals surface area contributed by atoms with Crippen LogP contribution >= 0.6 is 0 Å². The third-order valence-electron chi connectivity index (χ3n) is 1.61. The van der Waals surface area contributed by atoms with Crippen molar-refractivity contribution in [3.63, 3.8) is 0 Å². The number of unbranched alkanes of at least 4 members (excludes halogenated alkanes) is 1. The molecule has 0 rings (SSSR count). The fourth-order valence-electron chi connectivity index (χ4n) is 0.847. The van der Waals surface area contributed by atoms with Gasteiger partial charge in [0.25, 0.3) is 0 Å². The summed E-state index contributed by atoms with van der Waals surface area (Å²) in [6, 6.07) is -0.320. The molecule has 0 saturated heterocycles. The van der Waals surface area contributed by atoms with Gasteiger partial charge in [0.15, 0.2) is 0 Å². The van der Waals surface area contributed by atoms with Gasteiger partial charge in [-0.15, -0.1) is 6.58 Å². The van der Waals surface area contributed by atoms with Gasteiger partial charge >= 0.3 is 0 Å². The Morgan fingerprint density at radius 1 is 1.73 bits per heavy atom. The second-order valence-electron chi connectivity index (χ2n) is 2.70. The summed E-state index contributed by atoms with van der Waals surface area (Å²) >= 11 is 0. The van der Waals surface area contributed by atoms with Crippen molar-refractivity contribution >= 4 is 5.78 Å². The van der Waals surface area contributed by atoms with Crippen LogP contribution in [0.15, 0.2) is 12.7 Å². The van der Waals surface area contributed by atoms with Crippen molar-refractivity contribution < 1.29 is 4.79 Å². The van der Waals surface area contributed by atoms with Crippen molar-refractivity contribution in [2.75, 3.05) is 0 Å². The van der Waals surface area contributed by atoms with E-state index in [1.807, 2.05) is 0 Å². The molecule has 2 heteroatoms. The number of carbonyl (C=O) groups excluding carboxylic acids is 1. The number of ketones is 1. The lowest BCUT2D eigenvalue weighted by atomic mass is 10.1.